The smallest absolute Gasteiger partial charge is 0.243 e. The Balaban J connectivity index is 2.25. The molecular formula is C21H25BrClN3O4S. The number of halogens is 2. The molecule has 168 valence electrons. The first-order chi connectivity index (χ1) is 14.6. The van der Waals surface area contributed by atoms with E-state index in [1.807, 2.05) is 24.3 Å². The van der Waals surface area contributed by atoms with Gasteiger partial charge in [0.15, 0.2) is 0 Å². The highest BCUT2D eigenvalue weighted by atomic mass is 79.9. The lowest BCUT2D eigenvalue weighted by molar-refractivity contribution is -0.140. The van der Waals surface area contributed by atoms with E-state index in [4.69, 9.17) is 11.6 Å². The van der Waals surface area contributed by atoms with Gasteiger partial charge in [0.05, 0.1) is 11.4 Å². The van der Waals surface area contributed by atoms with Gasteiger partial charge in [-0.15, -0.1) is 0 Å². The van der Waals surface area contributed by atoms with Crippen LogP contribution in [0.25, 0.3) is 0 Å². The molecule has 10 heteroatoms. The molecule has 0 unspecified atom stereocenters. The first kappa shape index (κ1) is 25.3. The zero-order valence-corrected chi connectivity index (χ0v) is 20.7. The van der Waals surface area contributed by atoms with Gasteiger partial charge in [-0.05, 0) is 55.8 Å². The summed E-state index contributed by atoms with van der Waals surface area (Å²) in [5.74, 6) is -0.794. The van der Waals surface area contributed by atoms with Crippen molar-refractivity contribution in [2.45, 2.75) is 31.3 Å². The largest absolute Gasteiger partial charge is 0.355 e. The molecule has 0 heterocycles. The summed E-state index contributed by atoms with van der Waals surface area (Å²) >= 11 is 9.20. The number of carbonyl (C=O) groups excluding carboxylic acids is 2. The molecule has 0 radical (unpaired) electrons. The number of hydrogen-bond donors (Lipinski definition) is 1. The van der Waals surface area contributed by atoms with E-state index in [9.17, 15) is 18.0 Å². The van der Waals surface area contributed by atoms with Crippen molar-refractivity contribution < 1.29 is 18.0 Å². The molecular weight excluding hydrogens is 506 g/mol. The van der Waals surface area contributed by atoms with Crippen LogP contribution in [0.4, 0.5) is 0 Å². The first-order valence-electron chi connectivity index (χ1n) is 9.59. The molecule has 0 saturated carbocycles. The maximum atomic E-state index is 13.1. The van der Waals surface area contributed by atoms with Crippen molar-refractivity contribution in [2.75, 3.05) is 20.1 Å². The Morgan fingerprint density at radius 2 is 1.68 bits per heavy atom. The third-order valence-corrected chi connectivity index (χ3v) is 7.26. The highest BCUT2D eigenvalue weighted by Gasteiger charge is 2.30. The number of amides is 2. The molecule has 0 saturated heterocycles. The molecule has 0 aliphatic heterocycles. The van der Waals surface area contributed by atoms with Gasteiger partial charge in [0.2, 0.25) is 21.8 Å². The minimum Gasteiger partial charge on any atom is -0.355 e. The summed E-state index contributed by atoms with van der Waals surface area (Å²) in [6.45, 7) is 3.59. The van der Waals surface area contributed by atoms with E-state index in [-0.39, 0.29) is 17.3 Å². The monoisotopic (exact) mass is 529 g/mol. The van der Waals surface area contributed by atoms with Crippen molar-refractivity contribution in [3.05, 3.63) is 63.6 Å². The minimum atomic E-state index is -3.90. The van der Waals surface area contributed by atoms with Crippen molar-refractivity contribution >= 4 is 49.4 Å². The molecule has 0 spiro atoms. The van der Waals surface area contributed by atoms with E-state index in [2.05, 4.69) is 21.2 Å². The number of carbonyl (C=O) groups is 2. The lowest BCUT2D eigenvalue weighted by Gasteiger charge is -2.30. The van der Waals surface area contributed by atoms with Crippen molar-refractivity contribution in [3.63, 3.8) is 0 Å². The minimum absolute atomic E-state index is 0.0310. The van der Waals surface area contributed by atoms with E-state index in [1.165, 1.54) is 36.2 Å². The second-order valence-corrected chi connectivity index (χ2v) is 10.3. The molecule has 0 aliphatic carbocycles. The van der Waals surface area contributed by atoms with Crippen LogP contribution in [-0.4, -0.2) is 55.6 Å². The molecule has 2 aromatic rings. The van der Waals surface area contributed by atoms with Gasteiger partial charge in [-0.1, -0.05) is 39.7 Å². The topological polar surface area (TPSA) is 86.8 Å². The summed E-state index contributed by atoms with van der Waals surface area (Å²) in [6, 6.07) is 12.3. The van der Waals surface area contributed by atoms with Crippen LogP contribution < -0.4 is 5.32 Å². The van der Waals surface area contributed by atoms with Crippen molar-refractivity contribution in [2.24, 2.45) is 0 Å². The molecule has 0 fully saturated rings. The predicted molar refractivity (Wildman–Crippen MR) is 124 cm³/mol. The lowest BCUT2D eigenvalue weighted by atomic mass is 10.1. The Morgan fingerprint density at radius 1 is 1.10 bits per heavy atom. The maximum Gasteiger partial charge on any atom is 0.243 e. The standard InChI is InChI=1S/C21H25BrClN3O4S/c1-4-24-21(28)15(2)26(13-16-5-7-17(22)8-6-16)20(27)14-25(3)31(29,30)19-11-9-18(23)10-12-19/h5-12,15H,4,13-14H2,1-3H3,(H,24,28)/t15-/m1/s1. The molecule has 2 amide bonds. The number of nitrogens with one attached hydrogen (secondary N) is 1. The molecule has 0 bridgehead atoms. The van der Waals surface area contributed by atoms with Crippen LogP contribution in [0.15, 0.2) is 57.9 Å². The fourth-order valence-electron chi connectivity index (χ4n) is 2.84. The van der Waals surface area contributed by atoms with Gasteiger partial charge in [0.1, 0.15) is 6.04 Å². The second-order valence-electron chi connectivity index (χ2n) is 6.93. The normalized spacial score (nSPS) is 12.5. The van der Waals surface area contributed by atoms with E-state index in [0.717, 1.165) is 14.3 Å². The number of benzene rings is 2. The number of sulfonamides is 1. The second kappa shape index (κ2) is 11.1. The summed E-state index contributed by atoms with van der Waals surface area (Å²) in [7, 11) is -2.57. The Kier molecular flexibility index (Phi) is 9.05. The third-order valence-electron chi connectivity index (χ3n) is 4.66. The molecule has 0 aromatic heterocycles. The Morgan fingerprint density at radius 3 is 2.23 bits per heavy atom. The summed E-state index contributed by atoms with van der Waals surface area (Å²) in [4.78, 5) is 26.9. The van der Waals surface area contributed by atoms with Crippen LogP contribution in [0.3, 0.4) is 0 Å². The van der Waals surface area contributed by atoms with E-state index in [0.29, 0.717) is 11.6 Å². The molecule has 2 aromatic carbocycles. The lowest BCUT2D eigenvalue weighted by Crippen LogP contribution is -2.50. The van der Waals surface area contributed by atoms with Gasteiger partial charge >= 0.3 is 0 Å². The summed E-state index contributed by atoms with van der Waals surface area (Å²) in [5.41, 5.74) is 0.816. The maximum absolute atomic E-state index is 13.1. The molecule has 2 rings (SSSR count). The average molecular weight is 531 g/mol. The number of nitrogens with zero attached hydrogens (tertiary/aromatic N) is 2. The van der Waals surface area contributed by atoms with Gasteiger partial charge in [-0.2, -0.15) is 4.31 Å². The van der Waals surface area contributed by atoms with E-state index < -0.39 is 28.5 Å². The molecule has 1 atom stereocenters. The SMILES string of the molecule is CCNC(=O)[C@@H](C)N(Cc1ccc(Br)cc1)C(=O)CN(C)S(=O)(=O)c1ccc(Cl)cc1. The molecule has 0 aliphatic rings. The van der Waals surface area contributed by atoms with Crippen molar-refractivity contribution in [3.8, 4) is 0 Å². The first-order valence-corrected chi connectivity index (χ1v) is 12.2. The molecule has 1 N–H and O–H groups in total. The van der Waals surface area contributed by atoms with Gasteiger partial charge in [0.25, 0.3) is 0 Å². The van der Waals surface area contributed by atoms with Gasteiger partial charge in [0, 0.05) is 29.6 Å². The Bertz CT molecular complexity index is 1010. The molecule has 31 heavy (non-hydrogen) atoms. The quantitative estimate of drug-likeness (QED) is 0.539. The van der Waals surface area contributed by atoms with Crippen LogP contribution in [0.1, 0.15) is 19.4 Å². The van der Waals surface area contributed by atoms with E-state index in [1.54, 1.807) is 13.8 Å². The van der Waals surface area contributed by atoms with Crippen LogP contribution in [0, 0.1) is 0 Å². The van der Waals surface area contributed by atoms with Gasteiger partial charge in [-0.3, -0.25) is 9.59 Å². The van der Waals surface area contributed by atoms with E-state index >= 15 is 0 Å². The van der Waals surface area contributed by atoms with Gasteiger partial charge < -0.3 is 10.2 Å². The third kappa shape index (κ3) is 6.77. The fraction of sp³-hybridized carbons (Fsp3) is 0.333. The Labute approximate surface area is 196 Å². The summed E-state index contributed by atoms with van der Waals surface area (Å²) in [6.07, 6.45) is 0. The summed E-state index contributed by atoms with van der Waals surface area (Å²) in [5, 5.41) is 3.12. The van der Waals surface area contributed by atoms with Crippen molar-refractivity contribution in [1.82, 2.24) is 14.5 Å². The number of likely N-dealkylation sites (N-methyl/N-ethyl adjacent to an activating group) is 2. The van der Waals surface area contributed by atoms with Crippen LogP contribution >= 0.6 is 27.5 Å². The summed E-state index contributed by atoms with van der Waals surface area (Å²) < 4.78 is 27.5. The van der Waals surface area contributed by atoms with Gasteiger partial charge in [-0.25, -0.2) is 8.42 Å². The number of rotatable bonds is 9. The highest BCUT2D eigenvalue weighted by Crippen LogP contribution is 2.19. The zero-order chi connectivity index (χ0) is 23.2. The number of hydrogen-bond acceptors (Lipinski definition) is 4. The van der Waals surface area contributed by atoms with Crippen molar-refractivity contribution in [1.29, 1.82) is 0 Å². The average Bonchev–Trinajstić information content (AvgIpc) is 2.73. The predicted octanol–water partition coefficient (Wildman–Crippen LogP) is 3.28. The highest BCUT2D eigenvalue weighted by molar-refractivity contribution is 9.10. The molecule has 7 nitrogen and oxygen atoms in total. The van der Waals surface area contributed by atoms with Crippen LogP contribution in [0.5, 0.6) is 0 Å². The fourth-order valence-corrected chi connectivity index (χ4v) is 4.35. The van der Waals surface area contributed by atoms with Crippen LogP contribution in [-0.2, 0) is 26.2 Å². The Hall–Kier alpha value is -1.94. The van der Waals surface area contributed by atoms with Crippen LogP contribution in [0.2, 0.25) is 5.02 Å². The zero-order valence-electron chi connectivity index (χ0n) is 17.5.